The summed E-state index contributed by atoms with van der Waals surface area (Å²) >= 11 is 1.15. The third kappa shape index (κ3) is 2.12. The first-order valence-electron chi connectivity index (χ1n) is 3.78. The van der Waals surface area contributed by atoms with Crippen LogP contribution in [0.1, 0.15) is 34.0 Å². The molecule has 0 fully saturated rings. The number of nitrogens with zero attached hydrogens (tertiary/aromatic N) is 1. The Balaban J connectivity index is 2.93. The Hall–Kier alpha value is -1.23. The van der Waals surface area contributed by atoms with E-state index in [4.69, 9.17) is 4.74 Å². The van der Waals surface area contributed by atoms with E-state index in [2.05, 4.69) is 4.98 Å². The normalized spacial score (nSPS) is 9.69. The van der Waals surface area contributed by atoms with Crippen molar-refractivity contribution in [2.24, 2.45) is 0 Å². The Labute approximate surface area is 79.6 Å². The summed E-state index contributed by atoms with van der Waals surface area (Å²) in [6.45, 7) is 3.39. The lowest BCUT2D eigenvalue weighted by Gasteiger charge is -1.98. The quantitative estimate of drug-likeness (QED) is 0.547. The van der Waals surface area contributed by atoms with Gasteiger partial charge in [-0.15, -0.1) is 11.3 Å². The van der Waals surface area contributed by atoms with Crippen LogP contribution in [0, 0.1) is 0 Å². The molecule has 4 nitrogen and oxygen atoms in total. The summed E-state index contributed by atoms with van der Waals surface area (Å²) in [7, 11) is 0. The van der Waals surface area contributed by atoms with Crippen molar-refractivity contribution in [1.82, 2.24) is 4.98 Å². The molecule has 0 spiro atoms. The van der Waals surface area contributed by atoms with Gasteiger partial charge < -0.3 is 4.74 Å². The molecule has 5 heteroatoms. The number of esters is 1. The molecule has 0 saturated heterocycles. The summed E-state index contributed by atoms with van der Waals surface area (Å²) in [5.74, 6) is -0.695. The second kappa shape index (κ2) is 4.13. The third-order valence-electron chi connectivity index (χ3n) is 1.36. The number of Topliss-reactive ketones (excluding diaryl/α,β-unsaturated/α-hetero) is 1. The van der Waals surface area contributed by atoms with Crippen LogP contribution in [0.15, 0.2) is 5.51 Å². The van der Waals surface area contributed by atoms with Crippen molar-refractivity contribution in [3.63, 3.8) is 0 Å². The van der Waals surface area contributed by atoms with Crippen molar-refractivity contribution < 1.29 is 14.3 Å². The minimum Gasteiger partial charge on any atom is -0.461 e. The van der Waals surface area contributed by atoms with Gasteiger partial charge in [0.25, 0.3) is 0 Å². The Kier molecular flexibility index (Phi) is 3.13. The van der Waals surface area contributed by atoms with Gasteiger partial charge in [0.1, 0.15) is 4.88 Å². The largest absolute Gasteiger partial charge is 0.461 e. The molecule has 0 saturated carbocycles. The van der Waals surface area contributed by atoms with Crippen molar-refractivity contribution in [2.45, 2.75) is 13.8 Å². The lowest BCUT2D eigenvalue weighted by Crippen LogP contribution is -2.09. The summed E-state index contributed by atoms with van der Waals surface area (Å²) in [6, 6.07) is 0. The molecule has 0 amide bonds. The van der Waals surface area contributed by atoms with E-state index in [1.165, 1.54) is 12.4 Å². The van der Waals surface area contributed by atoms with Gasteiger partial charge in [0.2, 0.25) is 0 Å². The van der Waals surface area contributed by atoms with E-state index in [0.29, 0.717) is 4.88 Å². The number of thiazole rings is 1. The molecule has 1 aromatic heterocycles. The van der Waals surface area contributed by atoms with Gasteiger partial charge in [0, 0.05) is 6.92 Å². The predicted molar refractivity (Wildman–Crippen MR) is 48.1 cm³/mol. The maximum absolute atomic E-state index is 11.2. The van der Waals surface area contributed by atoms with Crippen LogP contribution in [0.3, 0.4) is 0 Å². The van der Waals surface area contributed by atoms with Gasteiger partial charge in [0.15, 0.2) is 11.5 Å². The van der Waals surface area contributed by atoms with Crippen LogP contribution in [-0.4, -0.2) is 23.3 Å². The minimum atomic E-state index is -0.533. The summed E-state index contributed by atoms with van der Waals surface area (Å²) in [5.41, 5.74) is 1.59. The highest BCUT2D eigenvalue weighted by Gasteiger charge is 2.18. The summed E-state index contributed by atoms with van der Waals surface area (Å²) < 4.78 is 4.73. The molecule has 13 heavy (non-hydrogen) atoms. The molecule has 0 bridgehead atoms. The average Bonchev–Trinajstić information content (AvgIpc) is 2.52. The molecule has 0 aromatic carbocycles. The van der Waals surface area contributed by atoms with E-state index in [1.807, 2.05) is 0 Å². The van der Waals surface area contributed by atoms with E-state index in [0.717, 1.165) is 11.3 Å². The van der Waals surface area contributed by atoms with E-state index in [1.54, 1.807) is 6.92 Å². The molecule has 0 aliphatic rings. The lowest BCUT2D eigenvalue weighted by atomic mass is 10.3. The van der Waals surface area contributed by atoms with Gasteiger partial charge in [-0.25, -0.2) is 9.78 Å². The molecular formula is C8H9NO3S. The Morgan fingerprint density at radius 2 is 2.31 bits per heavy atom. The molecule has 1 heterocycles. The smallest absolute Gasteiger partial charge is 0.358 e. The molecule has 1 aromatic rings. The number of aromatic nitrogens is 1. The minimum absolute atomic E-state index is 0.124. The van der Waals surface area contributed by atoms with Crippen molar-refractivity contribution in [1.29, 1.82) is 0 Å². The Morgan fingerprint density at radius 1 is 1.62 bits per heavy atom. The van der Waals surface area contributed by atoms with Gasteiger partial charge in [-0.05, 0) is 6.92 Å². The second-order valence-corrected chi connectivity index (χ2v) is 3.16. The first kappa shape index (κ1) is 9.85. The molecule has 0 atom stereocenters. The van der Waals surface area contributed by atoms with Crippen LogP contribution < -0.4 is 0 Å². The topological polar surface area (TPSA) is 56.3 Å². The highest BCUT2D eigenvalue weighted by molar-refractivity contribution is 7.12. The maximum Gasteiger partial charge on any atom is 0.358 e. The molecule has 0 N–H and O–H groups in total. The zero-order chi connectivity index (χ0) is 9.84. The highest BCUT2D eigenvalue weighted by Crippen LogP contribution is 2.14. The standard InChI is InChI=1S/C8H9NO3S/c1-3-12-8(11)6-7(5(2)10)13-4-9-6/h4H,3H2,1-2H3. The van der Waals surface area contributed by atoms with Crippen LogP contribution in [0.2, 0.25) is 0 Å². The molecule has 1 rings (SSSR count). The van der Waals surface area contributed by atoms with E-state index in [-0.39, 0.29) is 18.1 Å². The van der Waals surface area contributed by atoms with Crippen LogP contribution in [0.25, 0.3) is 0 Å². The molecule has 0 unspecified atom stereocenters. The molecular weight excluding hydrogens is 190 g/mol. The van der Waals surface area contributed by atoms with E-state index >= 15 is 0 Å². The first-order chi connectivity index (χ1) is 6.16. The predicted octanol–water partition coefficient (Wildman–Crippen LogP) is 1.52. The van der Waals surface area contributed by atoms with Gasteiger partial charge in [0.05, 0.1) is 12.1 Å². The fraction of sp³-hybridized carbons (Fsp3) is 0.375. The monoisotopic (exact) mass is 199 g/mol. The van der Waals surface area contributed by atoms with Crippen LogP contribution in [0.4, 0.5) is 0 Å². The summed E-state index contributed by atoms with van der Waals surface area (Å²) in [4.78, 5) is 26.3. The fourth-order valence-electron chi connectivity index (χ4n) is 0.841. The van der Waals surface area contributed by atoms with Crippen molar-refractivity contribution in [3.8, 4) is 0 Å². The van der Waals surface area contributed by atoms with Crippen LogP contribution in [-0.2, 0) is 4.74 Å². The SMILES string of the molecule is CCOC(=O)c1ncsc1C(C)=O. The molecule has 0 radical (unpaired) electrons. The zero-order valence-corrected chi connectivity index (χ0v) is 8.18. The molecule has 70 valence electrons. The van der Waals surface area contributed by atoms with E-state index < -0.39 is 5.97 Å². The first-order valence-corrected chi connectivity index (χ1v) is 4.66. The fourth-order valence-corrected chi connectivity index (χ4v) is 1.52. The van der Waals surface area contributed by atoms with Crippen molar-refractivity contribution in [2.75, 3.05) is 6.61 Å². The second-order valence-electron chi connectivity index (χ2n) is 2.31. The number of ether oxygens (including phenoxy) is 1. The molecule has 0 aliphatic carbocycles. The lowest BCUT2D eigenvalue weighted by molar-refractivity contribution is 0.0517. The number of hydrogen-bond acceptors (Lipinski definition) is 5. The number of carbonyl (C=O) groups is 2. The third-order valence-corrected chi connectivity index (χ3v) is 2.28. The Morgan fingerprint density at radius 3 is 2.85 bits per heavy atom. The summed E-state index contributed by atoms with van der Waals surface area (Å²) in [5, 5.41) is 0. The van der Waals surface area contributed by atoms with E-state index in [9.17, 15) is 9.59 Å². The van der Waals surface area contributed by atoms with Gasteiger partial charge >= 0.3 is 5.97 Å². The number of rotatable bonds is 3. The highest BCUT2D eigenvalue weighted by atomic mass is 32.1. The van der Waals surface area contributed by atoms with Gasteiger partial charge in [-0.3, -0.25) is 4.79 Å². The van der Waals surface area contributed by atoms with Crippen molar-refractivity contribution >= 4 is 23.1 Å². The Bertz CT molecular complexity index is 332. The van der Waals surface area contributed by atoms with Crippen molar-refractivity contribution in [3.05, 3.63) is 16.1 Å². The van der Waals surface area contributed by atoms with Crippen LogP contribution >= 0.6 is 11.3 Å². The summed E-state index contributed by atoms with van der Waals surface area (Å²) in [6.07, 6.45) is 0. The average molecular weight is 199 g/mol. The maximum atomic E-state index is 11.2. The van der Waals surface area contributed by atoms with Gasteiger partial charge in [-0.2, -0.15) is 0 Å². The number of ketones is 1. The van der Waals surface area contributed by atoms with Crippen LogP contribution in [0.5, 0.6) is 0 Å². The number of carbonyl (C=O) groups excluding carboxylic acids is 2. The molecule has 0 aliphatic heterocycles. The van der Waals surface area contributed by atoms with Gasteiger partial charge in [-0.1, -0.05) is 0 Å². The zero-order valence-electron chi connectivity index (χ0n) is 7.36. The number of hydrogen-bond donors (Lipinski definition) is 0.